The minimum atomic E-state index is -0.915. The predicted molar refractivity (Wildman–Crippen MR) is 105 cm³/mol. The molecule has 1 unspecified atom stereocenters. The van der Waals surface area contributed by atoms with E-state index in [9.17, 15) is 9.59 Å². The highest BCUT2D eigenvalue weighted by Gasteiger charge is 2.33. The van der Waals surface area contributed by atoms with Gasteiger partial charge in [0.05, 0.1) is 19.6 Å². The fraction of sp³-hybridized carbons (Fsp3) is 0.364. The van der Waals surface area contributed by atoms with Gasteiger partial charge in [0.15, 0.2) is 11.5 Å². The number of benzene rings is 2. The lowest BCUT2D eigenvalue weighted by molar-refractivity contribution is -0.141. The SMILES string of the molecule is COc1cccc(CCN2CC(C(=O)O)CC2=O)c1OCCc1ccccc1. The summed E-state index contributed by atoms with van der Waals surface area (Å²) in [5, 5.41) is 9.12. The zero-order valence-corrected chi connectivity index (χ0v) is 16.0. The van der Waals surface area contributed by atoms with Crippen molar-refractivity contribution < 1.29 is 24.2 Å². The number of methoxy groups -OCH3 is 1. The number of amides is 1. The number of hydrogen-bond acceptors (Lipinski definition) is 4. The van der Waals surface area contributed by atoms with Crippen LogP contribution in [-0.2, 0) is 22.4 Å². The molecule has 6 nitrogen and oxygen atoms in total. The zero-order chi connectivity index (χ0) is 19.9. The van der Waals surface area contributed by atoms with Gasteiger partial charge in [-0.25, -0.2) is 0 Å². The quantitative estimate of drug-likeness (QED) is 0.721. The van der Waals surface area contributed by atoms with E-state index < -0.39 is 11.9 Å². The van der Waals surface area contributed by atoms with Gasteiger partial charge in [0, 0.05) is 25.9 Å². The van der Waals surface area contributed by atoms with Crippen LogP contribution >= 0.6 is 0 Å². The van der Waals surface area contributed by atoms with Crippen LogP contribution in [0.5, 0.6) is 11.5 Å². The Morgan fingerprint density at radius 3 is 2.61 bits per heavy atom. The molecule has 1 aliphatic heterocycles. The van der Waals surface area contributed by atoms with E-state index in [4.69, 9.17) is 14.6 Å². The average Bonchev–Trinajstić information content (AvgIpc) is 3.08. The van der Waals surface area contributed by atoms with Crippen molar-refractivity contribution in [2.24, 2.45) is 5.92 Å². The maximum absolute atomic E-state index is 12.1. The number of ether oxygens (including phenoxy) is 2. The van der Waals surface area contributed by atoms with Gasteiger partial charge in [-0.05, 0) is 23.6 Å². The number of rotatable bonds is 9. The van der Waals surface area contributed by atoms with Crippen molar-refractivity contribution in [3.8, 4) is 11.5 Å². The number of hydrogen-bond donors (Lipinski definition) is 1. The highest BCUT2D eigenvalue weighted by atomic mass is 16.5. The molecule has 2 aromatic carbocycles. The van der Waals surface area contributed by atoms with Gasteiger partial charge in [0.1, 0.15) is 0 Å². The molecular weight excluding hydrogens is 358 g/mol. The summed E-state index contributed by atoms with van der Waals surface area (Å²) in [6, 6.07) is 15.8. The number of aliphatic carboxylic acids is 1. The standard InChI is InChI=1S/C22H25NO5/c1-27-19-9-5-8-17(10-12-23-15-18(22(25)26)14-20(23)24)21(19)28-13-11-16-6-3-2-4-7-16/h2-9,18H,10-15H2,1H3,(H,25,26). The monoisotopic (exact) mass is 383 g/mol. The third kappa shape index (κ3) is 4.82. The molecule has 1 atom stereocenters. The van der Waals surface area contributed by atoms with E-state index in [2.05, 4.69) is 12.1 Å². The van der Waals surface area contributed by atoms with Crippen LogP contribution in [0.3, 0.4) is 0 Å². The smallest absolute Gasteiger partial charge is 0.308 e. The summed E-state index contributed by atoms with van der Waals surface area (Å²) in [7, 11) is 1.60. The number of nitrogens with zero attached hydrogens (tertiary/aromatic N) is 1. The second-order valence-corrected chi connectivity index (χ2v) is 6.86. The number of para-hydroxylation sites is 1. The van der Waals surface area contributed by atoms with Crippen LogP contribution in [0.1, 0.15) is 17.5 Å². The minimum Gasteiger partial charge on any atom is -0.493 e. The molecule has 28 heavy (non-hydrogen) atoms. The van der Waals surface area contributed by atoms with Gasteiger partial charge in [0.2, 0.25) is 5.91 Å². The fourth-order valence-electron chi connectivity index (χ4n) is 3.41. The van der Waals surface area contributed by atoms with Crippen LogP contribution in [0.25, 0.3) is 0 Å². The number of carbonyl (C=O) groups excluding carboxylic acids is 1. The molecule has 148 valence electrons. The Labute approximate surface area is 164 Å². The van der Waals surface area contributed by atoms with Gasteiger partial charge in [-0.15, -0.1) is 0 Å². The van der Waals surface area contributed by atoms with Crippen LogP contribution in [-0.4, -0.2) is 48.7 Å². The topological polar surface area (TPSA) is 76.1 Å². The Hall–Kier alpha value is -3.02. The first kappa shape index (κ1) is 19.7. The molecule has 3 rings (SSSR count). The average molecular weight is 383 g/mol. The lowest BCUT2D eigenvalue weighted by Gasteiger charge is -2.19. The van der Waals surface area contributed by atoms with Crippen molar-refractivity contribution >= 4 is 11.9 Å². The summed E-state index contributed by atoms with van der Waals surface area (Å²) < 4.78 is 11.5. The Morgan fingerprint density at radius 2 is 1.93 bits per heavy atom. The number of carboxylic acids is 1. The van der Waals surface area contributed by atoms with Crippen LogP contribution < -0.4 is 9.47 Å². The molecule has 0 bridgehead atoms. The second-order valence-electron chi connectivity index (χ2n) is 6.86. The van der Waals surface area contributed by atoms with Gasteiger partial charge in [-0.2, -0.15) is 0 Å². The summed E-state index contributed by atoms with van der Waals surface area (Å²) in [6.45, 7) is 1.24. The maximum atomic E-state index is 12.1. The lowest BCUT2D eigenvalue weighted by Crippen LogP contribution is -2.28. The van der Waals surface area contributed by atoms with Gasteiger partial charge in [-0.1, -0.05) is 42.5 Å². The predicted octanol–water partition coefficient (Wildman–Crippen LogP) is 2.79. The molecule has 0 saturated carbocycles. The molecule has 1 amide bonds. The summed E-state index contributed by atoms with van der Waals surface area (Å²) in [6.07, 6.45) is 1.44. The lowest BCUT2D eigenvalue weighted by atomic mass is 10.1. The third-order valence-corrected chi connectivity index (χ3v) is 4.98. The molecule has 0 aliphatic carbocycles. The Balaban J connectivity index is 1.64. The first-order valence-corrected chi connectivity index (χ1v) is 9.41. The van der Waals surface area contributed by atoms with E-state index in [0.717, 1.165) is 12.0 Å². The summed E-state index contributed by atoms with van der Waals surface area (Å²) in [5.74, 6) is -0.299. The number of carbonyl (C=O) groups is 2. The molecule has 1 fully saturated rings. The fourth-order valence-corrected chi connectivity index (χ4v) is 3.41. The van der Waals surface area contributed by atoms with E-state index in [1.807, 2.05) is 36.4 Å². The van der Waals surface area contributed by atoms with Crippen LogP contribution in [0.2, 0.25) is 0 Å². The molecule has 0 aromatic heterocycles. The van der Waals surface area contributed by atoms with Crippen LogP contribution in [0.4, 0.5) is 0 Å². The molecule has 0 spiro atoms. The highest BCUT2D eigenvalue weighted by Crippen LogP contribution is 2.32. The molecule has 1 N–H and O–H groups in total. The van der Waals surface area contributed by atoms with Crippen molar-refractivity contribution in [2.75, 3.05) is 26.8 Å². The minimum absolute atomic E-state index is 0.0773. The molecule has 2 aromatic rings. The van der Waals surface area contributed by atoms with Gasteiger partial charge >= 0.3 is 5.97 Å². The molecule has 1 aliphatic rings. The van der Waals surface area contributed by atoms with Crippen molar-refractivity contribution in [1.29, 1.82) is 0 Å². The Bertz CT molecular complexity index is 821. The van der Waals surface area contributed by atoms with E-state index in [1.54, 1.807) is 12.0 Å². The summed E-state index contributed by atoms with van der Waals surface area (Å²) in [5.41, 5.74) is 2.14. The van der Waals surface area contributed by atoms with Crippen molar-refractivity contribution in [3.63, 3.8) is 0 Å². The number of likely N-dealkylation sites (tertiary alicyclic amines) is 1. The van der Waals surface area contributed by atoms with E-state index >= 15 is 0 Å². The third-order valence-electron chi connectivity index (χ3n) is 4.98. The summed E-state index contributed by atoms with van der Waals surface area (Å²) >= 11 is 0. The normalized spacial score (nSPS) is 16.2. The second kappa shape index (κ2) is 9.26. The van der Waals surface area contributed by atoms with E-state index in [1.165, 1.54) is 5.56 Å². The van der Waals surface area contributed by atoms with Crippen LogP contribution in [0, 0.1) is 5.92 Å². The largest absolute Gasteiger partial charge is 0.493 e. The summed E-state index contributed by atoms with van der Waals surface area (Å²) in [4.78, 5) is 24.8. The van der Waals surface area contributed by atoms with Gasteiger partial charge in [0.25, 0.3) is 0 Å². The molecule has 1 saturated heterocycles. The first-order chi connectivity index (χ1) is 13.6. The van der Waals surface area contributed by atoms with Crippen molar-refractivity contribution in [1.82, 2.24) is 4.90 Å². The first-order valence-electron chi connectivity index (χ1n) is 9.41. The highest BCUT2D eigenvalue weighted by molar-refractivity contribution is 5.86. The van der Waals surface area contributed by atoms with E-state index in [0.29, 0.717) is 31.1 Å². The Morgan fingerprint density at radius 1 is 1.14 bits per heavy atom. The molecule has 1 heterocycles. The van der Waals surface area contributed by atoms with Crippen molar-refractivity contribution in [3.05, 3.63) is 59.7 Å². The van der Waals surface area contributed by atoms with E-state index in [-0.39, 0.29) is 18.9 Å². The van der Waals surface area contributed by atoms with Gasteiger partial charge in [-0.3, -0.25) is 9.59 Å². The zero-order valence-electron chi connectivity index (χ0n) is 16.0. The molecule has 0 radical (unpaired) electrons. The molecular formula is C22H25NO5. The Kier molecular flexibility index (Phi) is 6.53. The van der Waals surface area contributed by atoms with Gasteiger partial charge < -0.3 is 19.5 Å². The number of carboxylic acid groups (broad SMARTS) is 1. The van der Waals surface area contributed by atoms with Crippen LogP contribution in [0.15, 0.2) is 48.5 Å². The van der Waals surface area contributed by atoms with Crippen molar-refractivity contribution in [2.45, 2.75) is 19.3 Å². The maximum Gasteiger partial charge on any atom is 0.308 e. The molecule has 6 heteroatoms.